The lowest BCUT2D eigenvalue weighted by Gasteiger charge is -1.88. The fourth-order valence-corrected chi connectivity index (χ4v) is 0.789. The highest BCUT2D eigenvalue weighted by Crippen LogP contribution is 1.90. The van der Waals surface area contributed by atoms with Crippen molar-refractivity contribution in [3.05, 3.63) is 38.7 Å². The van der Waals surface area contributed by atoms with Crippen molar-refractivity contribution < 1.29 is 0 Å². The lowest BCUT2D eigenvalue weighted by molar-refractivity contribution is 1.03. The molecule has 0 saturated heterocycles. The fraction of sp³-hybridized carbons (Fsp3) is 0.250. The van der Waals surface area contributed by atoms with Crippen molar-refractivity contribution in [3.8, 4) is 0 Å². The molecule has 0 aliphatic rings. The summed E-state index contributed by atoms with van der Waals surface area (Å²) in [5.74, 6) is 0. The summed E-state index contributed by atoms with van der Waals surface area (Å²) >= 11 is 0. The molecule has 1 rings (SSSR count). The van der Waals surface area contributed by atoms with Gasteiger partial charge in [0.2, 0.25) is 0 Å². The molecule has 0 aromatic carbocycles. The molecule has 0 aliphatic carbocycles. The molecule has 4 heteroatoms. The molecule has 2 N–H and O–H groups in total. The Morgan fingerprint density at radius 3 is 2.83 bits per heavy atom. The van der Waals surface area contributed by atoms with Crippen molar-refractivity contribution in [2.45, 2.75) is 13.3 Å². The third kappa shape index (κ3) is 1.95. The van der Waals surface area contributed by atoms with E-state index in [0.29, 0.717) is 5.56 Å². The van der Waals surface area contributed by atoms with Gasteiger partial charge in [0.05, 0.1) is 5.56 Å². The van der Waals surface area contributed by atoms with Crippen LogP contribution in [0.25, 0.3) is 6.08 Å². The van der Waals surface area contributed by atoms with Crippen molar-refractivity contribution in [2.24, 2.45) is 0 Å². The summed E-state index contributed by atoms with van der Waals surface area (Å²) in [6, 6.07) is 0. The van der Waals surface area contributed by atoms with Crippen LogP contribution in [0, 0.1) is 0 Å². The van der Waals surface area contributed by atoms with Gasteiger partial charge in [-0.05, 0) is 6.42 Å². The molecular formula is C8H10N2O2. The molecule has 0 atom stereocenters. The standard InChI is InChI=1S/C8H10N2O2/c1-2-3-4-6-5-9-8(12)10-7(6)11/h3-5H,2H2,1H3,(H2,9,10,11,12)/b4-3+. The number of rotatable bonds is 2. The second-order valence-electron chi connectivity index (χ2n) is 2.34. The Bertz CT molecular complexity index is 387. The van der Waals surface area contributed by atoms with Crippen LogP contribution in [0.4, 0.5) is 0 Å². The minimum atomic E-state index is -0.478. The van der Waals surface area contributed by atoms with Crippen LogP contribution in [0.15, 0.2) is 21.9 Å². The van der Waals surface area contributed by atoms with E-state index < -0.39 is 5.69 Å². The molecule has 12 heavy (non-hydrogen) atoms. The van der Waals surface area contributed by atoms with Gasteiger partial charge in [-0.3, -0.25) is 9.78 Å². The van der Waals surface area contributed by atoms with Gasteiger partial charge in [-0.15, -0.1) is 0 Å². The molecular weight excluding hydrogens is 156 g/mol. The van der Waals surface area contributed by atoms with Crippen LogP contribution < -0.4 is 11.2 Å². The normalized spacial score (nSPS) is 10.8. The molecule has 0 bridgehead atoms. The minimum absolute atomic E-state index is 0.358. The maximum Gasteiger partial charge on any atom is 0.325 e. The molecule has 4 nitrogen and oxygen atoms in total. The van der Waals surface area contributed by atoms with Crippen LogP contribution in [-0.2, 0) is 0 Å². The van der Waals surface area contributed by atoms with Gasteiger partial charge in [0, 0.05) is 6.20 Å². The topological polar surface area (TPSA) is 65.7 Å². The zero-order valence-corrected chi connectivity index (χ0v) is 6.76. The van der Waals surface area contributed by atoms with Gasteiger partial charge in [-0.1, -0.05) is 19.1 Å². The summed E-state index contributed by atoms with van der Waals surface area (Å²) in [5.41, 5.74) is -0.367. The van der Waals surface area contributed by atoms with Gasteiger partial charge in [-0.25, -0.2) is 4.79 Å². The Morgan fingerprint density at radius 2 is 2.25 bits per heavy atom. The van der Waals surface area contributed by atoms with E-state index >= 15 is 0 Å². The molecule has 0 saturated carbocycles. The van der Waals surface area contributed by atoms with Crippen LogP contribution >= 0.6 is 0 Å². The summed E-state index contributed by atoms with van der Waals surface area (Å²) < 4.78 is 0. The first kappa shape index (κ1) is 8.52. The summed E-state index contributed by atoms with van der Waals surface area (Å²) in [6.07, 6.45) is 5.78. The third-order valence-electron chi connectivity index (χ3n) is 1.38. The molecule has 0 spiro atoms. The van der Waals surface area contributed by atoms with Crippen LogP contribution in [0.1, 0.15) is 18.9 Å². The first-order valence-electron chi connectivity index (χ1n) is 3.72. The summed E-state index contributed by atoms with van der Waals surface area (Å²) in [7, 11) is 0. The zero-order valence-electron chi connectivity index (χ0n) is 6.76. The average molecular weight is 166 g/mol. The highest BCUT2D eigenvalue weighted by atomic mass is 16.2. The Kier molecular flexibility index (Phi) is 2.63. The highest BCUT2D eigenvalue weighted by molar-refractivity contribution is 5.45. The van der Waals surface area contributed by atoms with E-state index in [4.69, 9.17) is 0 Å². The van der Waals surface area contributed by atoms with E-state index in [1.165, 1.54) is 6.20 Å². The van der Waals surface area contributed by atoms with Gasteiger partial charge < -0.3 is 4.98 Å². The van der Waals surface area contributed by atoms with Crippen LogP contribution in [0.5, 0.6) is 0 Å². The summed E-state index contributed by atoms with van der Waals surface area (Å²) in [6.45, 7) is 1.97. The van der Waals surface area contributed by atoms with Gasteiger partial charge in [0.1, 0.15) is 0 Å². The number of allylic oxidation sites excluding steroid dienone is 1. The molecule has 0 aliphatic heterocycles. The quantitative estimate of drug-likeness (QED) is 0.671. The Morgan fingerprint density at radius 1 is 1.50 bits per heavy atom. The largest absolute Gasteiger partial charge is 0.325 e. The monoisotopic (exact) mass is 166 g/mol. The van der Waals surface area contributed by atoms with Crippen molar-refractivity contribution in [1.82, 2.24) is 9.97 Å². The van der Waals surface area contributed by atoms with E-state index in [0.717, 1.165) is 6.42 Å². The fourth-order valence-electron chi connectivity index (χ4n) is 0.789. The van der Waals surface area contributed by atoms with E-state index in [1.54, 1.807) is 6.08 Å². The second kappa shape index (κ2) is 3.71. The zero-order chi connectivity index (χ0) is 8.97. The average Bonchev–Trinajstić information content (AvgIpc) is 2.03. The van der Waals surface area contributed by atoms with E-state index in [9.17, 15) is 9.59 Å². The third-order valence-corrected chi connectivity index (χ3v) is 1.38. The minimum Gasteiger partial charge on any atom is -0.314 e. The Balaban J connectivity index is 3.11. The number of nitrogens with one attached hydrogen (secondary N) is 2. The van der Waals surface area contributed by atoms with Gasteiger partial charge in [-0.2, -0.15) is 0 Å². The number of aromatic amines is 2. The smallest absolute Gasteiger partial charge is 0.314 e. The molecule has 0 fully saturated rings. The molecule has 0 amide bonds. The lowest BCUT2D eigenvalue weighted by atomic mass is 10.3. The molecule has 64 valence electrons. The summed E-state index contributed by atoms with van der Waals surface area (Å²) in [5, 5.41) is 0. The van der Waals surface area contributed by atoms with Crippen molar-refractivity contribution >= 4 is 6.08 Å². The van der Waals surface area contributed by atoms with Crippen molar-refractivity contribution in [1.29, 1.82) is 0 Å². The molecule has 0 unspecified atom stereocenters. The predicted molar refractivity (Wildman–Crippen MR) is 47.0 cm³/mol. The molecule has 1 heterocycles. The van der Waals surface area contributed by atoms with E-state index in [-0.39, 0.29) is 5.56 Å². The number of H-pyrrole nitrogens is 2. The van der Waals surface area contributed by atoms with Crippen molar-refractivity contribution in [2.75, 3.05) is 0 Å². The predicted octanol–water partition coefficient (Wildman–Crippen LogP) is 0.486. The SMILES string of the molecule is CC/C=C/c1c[nH]c(=O)[nH]c1=O. The van der Waals surface area contributed by atoms with Crippen LogP contribution in [0.3, 0.4) is 0 Å². The first-order chi connectivity index (χ1) is 5.74. The number of hydrogen-bond acceptors (Lipinski definition) is 2. The van der Waals surface area contributed by atoms with Gasteiger partial charge in [0.25, 0.3) is 5.56 Å². The van der Waals surface area contributed by atoms with Crippen molar-refractivity contribution in [3.63, 3.8) is 0 Å². The number of aromatic nitrogens is 2. The Labute approximate surface area is 69.0 Å². The van der Waals surface area contributed by atoms with E-state index in [2.05, 4.69) is 9.97 Å². The first-order valence-corrected chi connectivity index (χ1v) is 3.72. The van der Waals surface area contributed by atoms with Crippen LogP contribution in [-0.4, -0.2) is 9.97 Å². The molecule has 0 radical (unpaired) electrons. The van der Waals surface area contributed by atoms with E-state index in [1.807, 2.05) is 13.0 Å². The second-order valence-corrected chi connectivity index (χ2v) is 2.34. The Hall–Kier alpha value is -1.58. The maximum absolute atomic E-state index is 11.0. The maximum atomic E-state index is 11.0. The molecule has 1 aromatic rings. The summed E-state index contributed by atoms with van der Waals surface area (Å²) in [4.78, 5) is 26.1. The molecule has 1 aromatic heterocycles. The number of hydrogen-bond donors (Lipinski definition) is 2. The van der Waals surface area contributed by atoms with Crippen LogP contribution in [0.2, 0.25) is 0 Å². The van der Waals surface area contributed by atoms with Gasteiger partial charge in [0.15, 0.2) is 0 Å². The highest BCUT2D eigenvalue weighted by Gasteiger charge is 1.92. The van der Waals surface area contributed by atoms with Gasteiger partial charge >= 0.3 is 5.69 Å². The lowest BCUT2D eigenvalue weighted by Crippen LogP contribution is -2.22.